The van der Waals surface area contributed by atoms with Crippen molar-refractivity contribution in [2.45, 2.75) is 0 Å². The van der Waals surface area contributed by atoms with E-state index in [4.69, 9.17) is 9.47 Å². The fourth-order valence-corrected chi connectivity index (χ4v) is 2.25. The Morgan fingerprint density at radius 2 is 1.95 bits per heavy atom. The predicted molar refractivity (Wildman–Crippen MR) is 77.3 cm³/mol. The van der Waals surface area contributed by atoms with Crippen molar-refractivity contribution in [2.75, 3.05) is 25.7 Å². The molecule has 4 heteroatoms. The molecular formula is C16H15NO3. The maximum absolute atomic E-state index is 11.7. The van der Waals surface area contributed by atoms with Gasteiger partial charge in [0.1, 0.15) is 11.5 Å². The Bertz CT molecular complexity index is 667. The monoisotopic (exact) mass is 269 g/mol. The Balaban J connectivity index is 2.05. The van der Waals surface area contributed by atoms with Crippen molar-refractivity contribution in [3.63, 3.8) is 0 Å². The van der Waals surface area contributed by atoms with Crippen molar-refractivity contribution in [3.8, 4) is 22.6 Å². The molecule has 2 aromatic rings. The molecule has 3 rings (SSSR count). The maximum Gasteiger partial charge on any atom is 0.264 e. The lowest BCUT2D eigenvalue weighted by molar-refractivity contribution is -0.120. The van der Waals surface area contributed by atoms with E-state index in [1.54, 1.807) is 19.1 Å². The number of fused-ring (bicyclic) bond motifs is 1. The second-order valence-corrected chi connectivity index (χ2v) is 4.66. The van der Waals surface area contributed by atoms with E-state index >= 15 is 0 Å². The normalized spacial score (nSPS) is 13.7. The number of rotatable bonds is 2. The topological polar surface area (TPSA) is 38.8 Å². The maximum atomic E-state index is 11.7. The molecular weight excluding hydrogens is 254 g/mol. The standard InChI is InChI=1S/C16H15NO3/c1-17-14-9-12(6-7-15(14)20-10-16(17)18)11-4-3-5-13(8-11)19-2/h3-9H,10H2,1-2H3. The summed E-state index contributed by atoms with van der Waals surface area (Å²) in [5.74, 6) is 1.50. The van der Waals surface area contributed by atoms with Crippen LogP contribution in [0.15, 0.2) is 42.5 Å². The molecule has 0 bridgehead atoms. The fourth-order valence-electron chi connectivity index (χ4n) is 2.25. The Labute approximate surface area is 117 Å². The zero-order chi connectivity index (χ0) is 14.1. The summed E-state index contributed by atoms with van der Waals surface area (Å²) in [4.78, 5) is 13.3. The highest BCUT2D eigenvalue weighted by Crippen LogP contribution is 2.35. The van der Waals surface area contributed by atoms with Gasteiger partial charge < -0.3 is 14.4 Å². The zero-order valence-electron chi connectivity index (χ0n) is 11.4. The summed E-state index contributed by atoms with van der Waals surface area (Å²) in [6.07, 6.45) is 0. The van der Waals surface area contributed by atoms with Crippen LogP contribution in [-0.4, -0.2) is 26.7 Å². The van der Waals surface area contributed by atoms with Crippen LogP contribution in [0.5, 0.6) is 11.5 Å². The number of carbonyl (C=O) groups excluding carboxylic acids is 1. The summed E-state index contributed by atoms with van der Waals surface area (Å²) in [5.41, 5.74) is 2.85. The van der Waals surface area contributed by atoms with Gasteiger partial charge in [0.2, 0.25) is 0 Å². The van der Waals surface area contributed by atoms with Gasteiger partial charge in [-0.2, -0.15) is 0 Å². The van der Waals surface area contributed by atoms with E-state index in [-0.39, 0.29) is 12.5 Å². The van der Waals surface area contributed by atoms with Gasteiger partial charge in [0.15, 0.2) is 6.61 Å². The molecule has 2 aromatic carbocycles. The number of amides is 1. The van der Waals surface area contributed by atoms with Crippen molar-refractivity contribution < 1.29 is 14.3 Å². The highest BCUT2D eigenvalue weighted by atomic mass is 16.5. The summed E-state index contributed by atoms with van der Waals surface area (Å²) in [6.45, 7) is 0.0992. The van der Waals surface area contributed by atoms with Crippen LogP contribution in [0.2, 0.25) is 0 Å². The van der Waals surface area contributed by atoms with Gasteiger partial charge in [-0.1, -0.05) is 18.2 Å². The number of likely N-dealkylation sites (N-methyl/N-ethyl adjacent to an activating group) is 1. The first-order chi connectivity index (χ1) is 9.69. The predicted octanol–water partition coefficient (Wildman–Crippen LogP) is 2.72. The smallest absolute Gasteiger partial charge is 0.264 e. The second-order valence-electron chi connectivity index (χ2n) is 4.66. The minimum Gasteiger partial charge on any atom is -0.497 e. The molecule has 4 nitrogen and oxygen atoms in total. The average molecular weight is 269 g/mol. The van der Waals surface area contributed by atoms with Crippen LogP contribution in [0.3, 0.4) is 0 Å². The number of carbonyl (C=O) groups is 1. The molecule has 0 spiro atoms. The molecule has 1 heterocycles. The molecule has 0 saturated heterocycles. The Hall–Kier alpha value is -2.49. The Kier molecular flexibility index (Phi) is 3.06. The minimum atomic E-state index is -0.0414. The lowest BCUT2D eigenvalue weighted by Crippen LogP contribution is -2.35. The van der Waals surface area contributed by atoms with Crippen LogP contribution < -0.4 is 14.4 Å². The number of nitrogens with zero attached hydrogens (tertiary/aromatic N) is 1. The third-order valence-electron chi connectivity index (χ3n) is 3.45. The lowest BCUT2D eigenvalue weighted by Gasteiger charge is -2.26. The molecule has 0 aromatic heterocycles. The molecule has 102 valence electrons. The van der Waals surface area contributed by atoms with E-state index in [1.807, 2.05) is 42.5 Å². The van der Waals surface area contributed by atoms with E-state index < -0.39 is 0 Å². The Morgan fingerprint density at radius 1 is 1.15 bits per heavy atom. The molecule has 0 radical (unpaired) electrons. The largest absolute Gasteiger partial charge is 0.497 e. The average Bonchev–Trinajstić information content (AvgIpc) is 2.51. The van der Waals surface area contributed by atoms with Gasteiger partial charge in [0.05, 0.1) is 12.8 Å². The van der Waals surface area contributed by atoms with Gasteiger partial charge in [0.25, 0.3) is 5.91 Å². The summed E-state index contributed by atoms with van der Waals surface area (Å²) >= 11 is 0. The molecule has 20 heavy (non-hydrogen) atoms. The quantitative estimate of drug-likeness (QED) is 0.841. The van der Waals surface area contributed by atoms with Gasteiger partial charge in [-0.15, -0.1) is 0 Å². The van der Waals surface area contributed by atoms with E-state index in [1.165, 1.54) is 0 Å². The second kappa shape index (κ2) is 4.89. The van der Waals surface area contributed by atoms with Crippen LogP contribution >= 0.6 is 0 Å². The SMILES string of the molecule is COc1cccc(-c2ccc3c(c2)N(C)C(=O)CO3)c1. The van der Waals surface area contributed by atoms with Crippen LogP contribution in [0, 0.1) is 0 Å². The van der Waals surface area contributed by atoms with Gasteiger partial charge in [0, 0.05) is 7.05 Å². The van der Waals surface area contributed by atoms with Crippen LogP contribution in [0.4, 0.5) is 5.69 Å². The number of methoxy groups -OCH3 is 1. The lowest BCUT2D eigenvalue weighted by atomic mass is 10.0. The molecule has 1 aliphatic heterocycles. The van der Waals surface area contributed by atoms with Crippen molar-refractivity contribution >= 4 is 11.6 Å². The fraction of sp³-hybridized carbons (Fsp3) is 0.188. The summed E-state index contributed by atoms with van der Waals surface area (Å²) in [6, 6.07) is 13.7. The summed E-state index contributed by atoms with van der Waals surface area (Å²) in [7, 11) is 3.41. The third-order valence-corrected chi connectivity index (χ3v) is 3.45. The molecule has 0 saturated carbocycles. The highest BCUT2D eigenvalue weighted by molar-refractivity contribution is 5.98. The minimum absolute atomic E-state index is 0.0414. The van der Waals surface area contributed by atoms with E-state index in [2.05, 4.69) is 0 Å². The van der Waals surface area contributed by atoms with Gasteiger partial charge in [-0.3, -0.25) is 4.79 Å². The molecule has 0 fully saturated rings. The van der Waals surface area contributed by atoms with Crippen molar-refractivity contribution in [1.82, 2.24) is 0 Å². The first kappa shape index (κ1) is 12.5. The summed E-state index contributed by atoms with van der Waals surface area (Å²) < 4.78 is 10.7. The third kappa shape index (κ3) is 2.09. The van der Waals surface area contributed by atoms with Crippen molar-refractivity contribution in [2.24, 2.45) is 0 Å². The van der Waals surface area contributed by atoms with Crippen molar-refractivity contribution in [1.29, 1.82) is 0 Å². The van der Waals surface area contributed by atoms with Crippen LogP contribution in [0.1, 0.15) is 0 Å². The van der Waals surface area contributed by atoms with Crippen molar-refractivity contribution in [3.05, 3.63) is 42.5 Å². The number of hydrogen-bond donors (Lipinski definition) is 0. The molecule has 0 atom stereocenters. The molecule has 1 amide bonds. The van der Waals surface area contributed by atoms with Gasteiger partial charge >= 0.3 is 0 Å². The van der Waals surface area contributed by atoms with E-state index in [0.717, 1.165) is 28.3 Å². The first-order valence-electron chi connectivity index (χ1n) is 6.37. The van der Waals surface area contributed by atoms with Gasteiger partial charge in [-0.25, -0.2) is 0 Å². The van der Waals surface area contributed by atoms with Crippen LogP contribution in [-0.2, 0) is 4.79 Å². The zero-order valence-corrected chi connectivity index (χ0v) is 11.4. The summed E-state index contributed by atoms with van der Waals surface area (Å²) in [5, 5.41) is 0. The molecule has 0 aliphatic carbocycles. The number of ether oxygens (including phenoxy) is 2. The molecule has 0 N–H and O–H groups in total. The van der Waals surface area contributed by atoms with Gasteiger partial charge in [-0.05, 0) is 35.4 Å². The number of benzene rings is 2. The van der Waals surface area contributed by atoms with Crippen LogP contribution in [0.25, 0.3) is 11.1 Å². The highest BCUT2D eigenvalue weighted by Gasteiger charge is 2.22. The number of hydrogen-bond acceptors (Lipinski definition) is 3. The molecule has 0 unspecified atom stereocenters. The number of anilines is 1. The van der Waals surface area contributed by atoms with E-state index in [0.29, 0.717) is 0 Å². The molecule has 1 aliphatic rings. The first-order valence-corrected chi connectivity index (χ1v) is 6.37. The Morgan fingerprint density at radius 3 is 2.75 bits per heavy atom. The van der Waals surface area contributed by atoms with E-state index in [9.17, 15) is 4.79 Å².